The van der Waals surface area contributed by atoms with Gasteiger partial charge in [-0.2, -0.15) is 0 Å². The van der Waals surface area contributed by atoms with E-state index >= 15 is 0 Å². The summed E-state index contributed by atoms with van der Waals surface area (Å²) in [5.41, 5.74) is 6.28. The van der Waals surface area contributed by atoms with Crippen molar-refractivity contribution < 1.29 is 4.79 Å². The summed E-state index contributed by atoms with van der Waals surface area (Å²) in [7, 11) is 0. The van der Waals surface area contributed by atoms with Crippen LogP contribution in [0, 0.1) is 0 Å². The average molecular weight is 239 g/mol. The van der Waals surface area contributed by atoms with Crippen molar-refractivity contribution >= 4 is 28.8 Å². The van der Waals surface area contributed by atoms with Crippen LogP contribution >= 0.6 is 22.9 Å². The van der Waals surface area contributed by atoms with Gasteiger partial charge in [-0.05, 0) is 12.1 Å². The number of hydrogen-bond donors (Lipinski definition) is 1. The van der Waals surface area contributed by atoms with Gasteiger partial charge in [0, 0.05) is 17.1 Å². The molecule has 0 radical (unpaired) electrons. The third-order valence-electron chi connectivity index (χ3n) is 1.93. The predicted octanol–water partition coefficient (Wildman–Crippen LogP) is 2.56. The Morgan fingerprint density at radius 1 is 1.47 bits per heavy atom. The number of hydrogen-bond acceptors (Lipinski definition) is 3. The van der Waals surface area contributed by atoms with Crippen LogP contribution in [0.25, 0.3) is 10.6 Å². The first-order valence-electron chi connectivity index (χ1n) is 4.18. The highest BCUT2D eigenvalue weighted by Crippen LogP contribution is 2.32. The van der Waals surface area contributed by atoms with Gasteiger partial charge in [0.2, 0.25) is 5.91 Å². The molecule has 0 saturated carbocycles. The minimum atomic E-state index is -0.497. The van der Waals surface area contributed by atoms with E-state index in [2.05, 4.69) is 4.98 Å². The SMILES string of the molecule is NC(=O)c1cccc(Cl)c1-c1nccs1. The minimum absolute atomic E-state index is 0.400. The number of carbonyl (C=O) groups excluding carboxylic acids is 1. The summed E-state index contributed by atoms with van der Waals surface area (Å²) in [4.78, 5) is 15.3. The van der Waals surface area contributed by atoms with E-state index in [9.17, 15) is 4.79 Å². The second kappa shape index (κ2) is 4.00. The van der Waals surface area contributed by atoms with Gasteiger partial charge in [-0.1, -0.05) is 17.7 Å². The second-order valence-electron chi connectivity index (χ2n) is 2.86. The maximum Gasteiger partial charge on any atom is 0.249 e. The molecule has 1 aromatic heterocycles. The lowest BCUT2D eigenvalue weighted by Gasteiger charge is -2.05. The molecule has 0 spiro atoms. The summed E-state index contributed by atoms with van der Waals surface area (Å²) in [5.74, 6) is -0.497. The second-order valence-corrected chi connectivity index (χ2v) is 4.17. The van der Waals surface area contributed by atoms with E-state index in [1.165, 1.54) is 11.3 Å². The van der Waals surface area contributed by atoms with Crippen LogP contribution < -0.4 is 5.73 Å². The third kappa shape index (κ3) is 1.86. The van der Waals surface area contributed by atoms with Gasteiger partial charge < -0.3 is 5.73 Å². The summed E-state index contributed by atoms with van der Waals surface area (Å²) < 4.78 is 0. The summed E-state index contributed by atoms with van der Waals surface area (Å²) in [6.07, 6.45) is 1.66. The number of nitrogens with zero attached hydrogens (tertiary/aromatic N) is 1. The summed E-state index contributed by atoms with van der Waals surface area (Å²) in [5, 5.41) is 3.01. The maximum absolute atomic E-state index is 11.2. The lowest BCUT2D eigenvalue weighted by molar-refractivity contribution is 0.100. The molecule has 76 valence electrons. The molecule has 3 nitrogen and oxygen atoms in total. The number of nitrogens with two attached hydrogens (primary N) is 1. The normalized spacial score (nSPS) is 10.2. The monoisotopic (exact) mass is 238 g/mol. The number of carbonyl (C=O) groups is 1. The van der Waals surface area contributed by atoms with Crippen molar-refractivity contribution in [1.82, 2.24) is 4.98 Å². The zero-order valence-electron chi connectivity index (χ0n) is 7.61. The van der Waals surface area contributed by atoms with Crippen molar-refractivity contribution in [3.63, 3.8) is 0 Å². The lowest BCUT2D eigenvalue weighted by atomic mass is 10.1. The summed E-state index contributed by atoms with van der Waals surface area (Å²) in [6, 6.07) is 5.05. The number of primary amides is 1. The lowest BCUT2D eigenvalue weighted by Crippen LogP contribution is -2.12. The topological polar surface area (TPSA) is 56.0 Å². The molecule has 0 aliphatic heterocycles. The number of benzene rings is 1. The smallest absolute Gasteiger partial charge is 0.249 e. The highest BCUT2D eigenvalue weighted by Gasteiger charge is 2.14. The Kier molecular flexibility index (Phi) is 2.70. The van der Waals surface area contributed by atoms with Crippen LogP contribution in [0.3, 0.4) is 0 Å². The molecular weight excluding hydrogens is 232 g/mol. The van der Waals surface area contributed by atoms with Crippen molar-refractivity contribution in [3.05, 3.63) is 40.4 Å². The molecule has 0 aliphatic carbocycles. The first-order valence-corrected chi connectivity index (χ1v) is 5.44. The molecule has 2 aromatic rings. The molecule has 1 aromatic carbocycles. The largest absolute Gasteiger partial charge is 0.366 e. The third-order valence-corrected chi connectivity index (χ3v) is 3.03. The van der Waals surface area contributed by atoms with E-state index in [1.807, 2.05) is 5.38 Å². The quantitative estimate of drug-likeness (QED) is 0.874. The van der Waals surface area contributed by atoms with E-state index in [1.54, 1.807) is 24.4 Å². The highest BCUT2D eigenvalue weighted by molar-refractivity contribution is 7.13. The van der Waals surface area contributed by atoms with Crippen molar-refractivity contribution in [1.29, 1.82) is 0 Å². The summed E-state index contributed by atoms with van der Waals surface area (Å²) in [6.45, 7) is 0. The van der Waals surface area contributed by atoms with E-state index in [-0.39, 0.29) is 0 Å². The molecule has 0 bridgehead atoms. The number of thiazole rings is 1. The van der Waals surface area contributed by atoms with Crippen molar-refractivity contribution in [2.75, 3.05) is 0 Å². The van der Waals surface area contributed by atoms with Crippen molar-refractivity contribution in [2.24, 2.45) is 5.73 Å². The zero-order valence-corrected chi connectivity index (χ0v) is 9.18. The van der Waals surface area contributed by atoms with Crippen LogP contribution in [0.2, 0.25) is 5.02 Å². The van der Waals surface area contributed by atoms with Gasteiger partial charge in [-0.15, -0.1) is 11.3 Å². The van der Waals surface area contributed by atoms with Crippen molar-refractivity contribution in [2.45, 2.75) is 0 Å². The van der Waals surface area contributed by atoms with Gasteiger partial charge >= 0.3 is 0 Å². The molecule has 15 heavy (non-hydrogen) atoms. The fourth-order valence-electron chi connectivity index (χ4n) is 1.29. The molecular formula is C10H7ClN2OS. The van der Waals surface area contributed by atoms with Gasteiger partial charge in [0.15, 0.2) is 0 Å². The fourth-order valence-corrected chi connectivity index (χ4v) is 2.32. The van der Waals surface area contributed by atoms with Crippen LogP contribution in [0.4, 0.5) is 0 Å². The van der Waals surface area contributed by atoms with E-state index < -0.39 is 5.91 Å². The van der Waals surface area contributed by atoms with Crippen LogP contribution in [0.1, 0.15) is 10.4 Å². The van der Waals surface area contributed by atoms with Crippen LogP contribution in [0.15, 0.2) is 29.8 Å². The Hall–Kier alpha value is -1.39. The first kappa shape index (κ1) is 10.1. The van der Waals surface area contributed by atoms with Crippen LogP contribution in [0.5, 0.6) is 0 Å². The Morgan fingerprint density at radius 3 is 2.87 bits per heavy atom. The predicted molar refractivity (Wildman–Crippen MR) is 61.1 cm³/mol. The van der Waals surface area contributed by atoms with Gasteiger partial charge in [-0.3, -0.25) is 4.79 Å². The Morgan fingerprint density at radius 2 is 2.27 bits per heavy atom. The fraction of sp³-hybridized carbons (Fsp3) is 0. The minimum Gasteiger partial charge on any atom is -0.366 e. The van der Waals surface area contributed by atoms with E-state index in [0.29, 0.717) is 21.2 Å². The molecule has 1 heterocycles. The molecule has 2 rings (SSSR count). The molecule has 0 aliphatic rings. The molecule has 1 amide bonds. The molecule has 5 heteroatoms. The molecule has 2 N–H and O–H groups in total. The van der Waals surface area contributed by atoms with E-state index in [0.717, 1.165) is 0 Å². The maximum atomic E-state index is 11.2. The van der Waals surface area contributed by atoms with Crippen molar-refractivity contribution in [3.8, 4) is 10.6 Å². The number of rotatable bonds is 2. The summed E-state index contributed by atoms with van der Waals surface area (Å²) >= 11 is 7.44. The Labute approximate surface area is 95.5 Å². The number of halogens is 1. The van der Waals surface area contributed by atoms with Gasteiger partial charge in [0.05, 0.1) is 10.6 Å². The Balaban J connectivity index is 2.68. The van der Waals surface area contributed by atoms with Crippen LogP contribution in [-0.4, -0.2) is 10.9 Å². The zero-order chi connectivity index (χ0) is 10.8. The van der Waals surface area contributed by atoms with Gasteiger partial charge in [0.25, 0.3) is 0 Å². The van der Waals surface area contributed by atoms with E-state index in [4.69, 9.17) is 17.3 Å². The average Bonchev–Trinajstić information content (AvgIpc) is 2.70. The van der Waals surface area contributed by atoms with Gasteiger partial charge in [-0.25, -0.2) is 4.98 Å². The standard InChI is InChI=1S/C10H7ClN2OS/c11-7-3-1-2-6(9(12)14)8(7)10-13-4-5-15-10/h1-5H,(H2,12,14). The number of amides is 1. The first-order chi connectivity index (χ1) is 7.20. The molecule has 0 atom stereocenters. The molecule has 0 fully saturated rings. The Bertz CT molecular complexity index is 496. The number of aromatic nitrogens is 1. The molecule has 0 unspecified atom stereocenters. The molecule has 0 saturated heterocycles. The van der Waals surface area contributed by atoms with Gasteiger partial charge in [0.1, 0.15) is 5.01 Å². The van der Waals surface area contributed by atoms with Crippen LogP contribution in [-0.2, 0) is 0 Å². The highest BCUT2D eigenvalue weighted by atomic mass is 35.5.